The zero-order chi connectivity index (χ0) is 21.4. The van der Waals surface area contributed by atoms with Crippen LogP contribution in [0.1, 0.15) is 12.8 Å². The Morgan fingerprint density at radius 3 is 2.68 bits per heavy atom. The Hall–Kier alpha value is -4.08. The van der Waals surface area contributed by atoms with Crippen molar-refractivity contribution >= 4 is 10.9 Å². The van der Waals surface area contributed by atoms with Gasteiger partial charge in [0.15, 0.2) is 11.5 Å². The number of fused-ring (bicyclic) bond motifs is 2. The molecule has 1 aliphatic heterocycles. The van der Waals surface area contributed by atoms with Gasteiger partial charge in [-0.25, -0.2) is 4.79 Å². The van der Waals surface area contributed by atoms with Crippen LogP contribution >= 0.6 is 0 Å². The summed E-state index contributed by atoms with van der Waals surface area (Å²) in [6, 6.07) is 10.5. The Balaban J connectivity index is 1.37. The molecule has 0 saturated heterocycles. The Kier molecular flexibility index (Phi) is 4.66. The lowest BCUT2D eigenvalue weighted by Gasteiger charge is -2.06. The van der Waals surface area contributed by atoms with E-state index in [9.17, 15) is 9.59 Å². The summed E-state index contributed by atoms with van der Waals surface area (Å²) >= 11 is 0. The van der Waals surface area contributed by atoms with E-state index in [0.29, 0.717) is 40.7 Å². The summed E-state index contributed by atoms with van der Waals surface area (Å²) in [5.74, 6) is 2.46. The van der Waals surface area contributed by atoms with Crippen LogP contribution in [0.2, 0.25) is 0 Å². The fourth-order valence-corrected chi connectivity index (χ4v) is 3.39. The van der Waals surface area contributed by atoms with E-state index in [-0.39, 0.29) is 19.8 Å². The molecule has 0 saturated carbocycles. The molecule has 1 N–H and O–H groups in total. The smallest absolute Gasteiger partial charge is 0.328 e. The van der Waals surface area contributed by atoms with E-state index in [1.807, 2.05) is 31.2 Å². The van der Waals surface area contributed by atoms with Crippen LogP contribution in [0.4, 0.5) is 0 Å². The first-order valence-electron chi connectivity index (χ1n) is 9.74. The van der Waals surface area contributed by atoms with Crippen LogP contribution in [-0.2, 0) is 13.0 Å². The van der Waals surface area contributed by atoms with Crippen molar-refractivity contribution in [2.24, 2.45) is 0 Å². The van der Waals surface area contributed by atoms with Crippen molar-refractivity contribution < 1.29 is 18.7 Å². The number of nitrogens with zero attached hydrogens (tertiary/aromatic N) is 3. The fourth-order valence-electron chi connectivity index (χ4n) is 3.39. The number of hydrogen-bond acceptors (Lipinski definition) is 8. The standard InChI is InChI=1S/C21H18N4O6/c1-2-28-13-5-3-12(4-6-13)19-23-18(31-24-19)7-8-25-20(26)14-9-16-17(30-11-29-16)10-15(14)22-21(25)27/h3-6,9-10H,2,7-8,11H2,1H3,(H,22,27). The summed E-state index contributed by atoms with van der Waals surface area (Å²) < 4.78 is 22.4. The molecule has 10 nitrogen and oxygen atoms in total. The summed E-state index contributed by atoms with van der Waals surface area (Å²) in [7, 11) is 0. The maximum absolute atomic E-state index is 12.9. The minimum atomic E-state index is -0.525. The van der Waals surface area contributed by atoms with Gasteiger partial charge in [0.2, 0.25) is 18.5 Å². The van der Waals surface area contributed by atoms with Gasteiger partial charge in [0.1, 0.15) is 5.75 Å². The third kappa shape index (κ3) is 3.52. The number of aromatic amines is 1. The largest absolute Gasteiger partial charge is 0.494 e. The predicted octanol–water partition coefficient (Wildman–Crippen LogP) is 2.11. The van der Waals surface area contributed by atoms with Gasteiger partial charge in [0, 0.05) is 24.6 Å². The van der Waals surface area contributed by atoms with Gasteiger partial charge in [-0.15, -0.1) is 0 Å². The molecule has 0 bridgehead atoms. The monoisotopic (exact) mass is 422 g/mol. The van der Waals surface area contributed by atoms with Crippen molar-refractivity contribution in [3.63, 3.8) is 0 Å². The topological polar surface area (TPSA) is 121 Å². The van der Waals surface area contributed by atoms with Gasteiger partial charge >= 0.3 is 5.69 Å². The molecule has 0 aliphatic carbocycles. The second-order valence-corrected chi connectivity index (χ2v) is 6.86. The quantitative estimate of drug-likeness (QED) is 0.501. The molecule has 4 aromatic rings. The van der Waals surface area contributed by atoms with E-state index >= 15 is 0 Å². The van der Waals surface area contributed by atoms with Crippen molar-refractivity contribution in [2.45, 2.75) is 19.9 Å². The van der Waals surface area contributed by atoms with Crippen LogP contribution in [0.25, 0.3) is 22.3 Å². The minimum Gasteiger partial charge on any atom is -0.494 e. The van der Waals surface area contributed by atoms with Gasteiger partial charge in [-0.3, -0.25) is 9.36 Å². The zero-order valence-electron chi connectivity index (χ0n) is 16.6. The number of hydrogen-bond donors (Lipinski definition) is 1. The fraction of sp³-hybridized carbons (Fsp3) is 0.238. The van der Waals surface area contributed by atoms with E-state index in [1.165, 1.54) is 0 Å². The summed E-state index contributed by atoms with van der Waals surface area (Å²) in [4.78, 5) is 32.4. The molecule has 0 amide bonds. The van der Waals surface area contributed by atoms with Crippen molar-refractivity contribution in [3.05, 3.63) is 63.1 Å². The Morgan fingerprint density at radius 2 is 1.90 bits per heavy atom. The summed E-state index contributed by atoms with van der Waals surface area (Å²) in [6.45, 7) is 2.67. The number of nitrogens with one attached hydrogen (secondary N) is 1. The van der Waals surface area contributed by atoms with Crippen LogP contribution in [0.5, 0.6) is 17.2 Å². The lowest BCUT2D eigenvalue weighted by atomic mass is 10.2. The molecule has 1 aliphatic rings. The van der Waals surface area contributed by atoms with Crippen LogP contribution in [0.15, 0.2) is 50.5 Å². The summed E-state index contributed by atoms with van der Waals surface area (Å²) in [6.07, 6.45) is 0.225. The molecule has 3 heterocycles. The molecule has 5 rings (SSSR count). The van der Waals surface area contributed by atoms with E-state index in [4.69, 9.17) is 18.7 Å². The minimum absolute atomic E-state index is 0.0813. The molecule has 2 aromatic heterocycles. The van der Waals surface area contributed by atoms with Crippen LogP contribution in [-0.4, -0.2) is 33.1 Å². The lowest BCUT2D eigenvalue weighted by molar-refractivity contribution is 0.174. The maximum Gasteiger partial charge on any atom is 0.328 e. The summed E-state index contributed by atoms with van der Waals surface area (Å²) in [5, 5.41) is 4.32. The van der Waals surface area contributed by atoms with Crippen molar-refractivity contribution in [1.82, 2.24) is 19.7 Å². The molecule has 31 heavy (non-hydrogen) atoms. The Labute approximate surface area is 175 Å². The lowest BCUT2D eigenvalue weighted by Crippen LogP contribution is -2.35. The first-order valence-corrected chi connectivity index (χ1v) is 9.74. The molecule has 0 radical (unpaired) electrons. The molecular weight excluding hydrogens is 404 g/mol. The highest BCUT2D eigenvalue weighted by molar-refractivity contribution is 5.81. The summed E-state index contributed by atoms with van der Waals surface area (Å²) in [5.41, 5.74) is 0.215. The van der Waals surface area contributed by atoms with E-state index in [0.717, 1.165) is 15.9 Å². The average molecular weight is 422 g/mol. The Bertz CT molecular complexity index is 1370. The number of aryl methyl sites for hydroxylation is 1. The highest BCUT2D eigenvalue weighted by Crippen LogP contribution is 2.34. The van der Waals surface area contributed by atoms with E-state index < -0.39 is 11.2 Å². The van der Waals surface area contributed by atoms with Gasteiger partial charge in [-0.2, -0.15) is 4.98 Å². The van der Waals surface area contributed by atoms with Crippen molar-refractivity contribution in [1.29, 1.82) is 0 Å². The number of benzene rings is 2. The molecule has 158 valence electrons. The van der Waals surface area contributed by atoms with Crippen LogP contribution in [0.3, 0.4) is 0 Å². The highest BCUT2D eigenvalue weighted by Gasteiger charge is 2.18. The second-order valence-electron chi connectivity index (χ2n) is 6.86. The van der Waals surface area contributed by atoms with Crippen LogP contribution in [0, 0.1) is 0 Å². The normalized spacial score (nSPS) is 12.4. The first kappa shape index (κ1) is 18.9. The molecule has 2 aromatic carbocycles. The average Bonchev–Trinajstić information content (AvgIpc) is 3.42. The Morgan fingerprint density at radius 1 is 1.13 bits per heavy atom. The van der Waals surface area contributed by atoms with Gasteiger partial charge < -0.3 is 23.7 Å². The molecular formula is C21H18N4O6. The third-order valence-corrected chi connectivity index (χ3v) is 4.92. The van der Waals surface area contributed by atoms with E-state index in [1.54, 1.807) is 12.1 Å². The van der Waals surface area contributed by atoms with Gasteiger partial charge in [-0.05, 0) is 37.3 Å². The second kappa shape index (κ2) is 7.63. The third-order valence-electron chi connectivity index (χ3n) is 4.92. The molecule has 0 fully saturated rings. The maximum atomic E-state index is 12.9. The molecule has 0 spiro atoms. The SMILES string of the molecule is CCOc1ccc(-c2noc(CCn3c(=O)[nH]c4cc5c(cc4c3=O)OCO5)n2)cc1. The van der Waals surface area contributed by atoms with Gasteiger partial charge in [0.25, 0.3) is 5.56 Å². The highest BCUT2D eigenvalue weighted by atomic mass is 16.7. The zero-order valence-corrected chi connectivity index (χ0v) is 16.6. The predicted molar refractivity (Wildman–Crippen MR) is 110 cm³/mol. The number of aromatic nitrogens is 4. The molecule has 10 heteroatoms. The van der Waals surface area contributed by atoms with E-state index in [2.05, 4.69) is 15.1 Å². The molecule has 0 unspecified atom stereocenters. The van der Waals surface area contributed by atoms with Gasteiger partial charge in [-0.1, -0.05) is 5.16 Å². The number of rotatable bonds is 6. The van der Waals surface area contributed by atoms with Gasteiger partial charge in [0.05, 0.1) is 17.5 Å². The number of H-pyrrole nitrogens is 1. The number of ether oxygens (including phenoxy) is 3. The first-order chi connectivity index (χ1) is 15.1. The molecule has 0 atom stereocenters. The van der Waals surface area contributed by atoms with Crippen molar-refractivity contribution in [3.8, 4) is 28.6 Å². The van der Waals surface area contributed by atoms with Crippen molar-refractivity contribution in [2.75, 3.05) is 13.4 Å². The van der Waals surface area contributed by atoms with Crippen LogP contribution < -0.4 is 25.5 Å².